The number of nitrogens with zero attached hydrogens (tertiary/aromatic N) is 1. The van der Waals surface area contributed by atoms with Crippen molar-refractivity contribution in [1.82, 2.24) is 4.90 Å². The number of carboxylic acid groups (broad SMARTS) is 1. The SMILES string of the molecule is CCN(CC=CCl)CC(C)C(=O)O. The van der Waals surface area contributed by atoms with E-state index in [0.717, 1.165) is 6.54 Å². The molecule has 0 heterocycles. The van der Waals surface area contributed by atoms with Gasteiger partial charge in [-0.15, -0.1) is 0 Å². The van der Waals surface area contributed by atoms with Crippen molar-refractivity contribution >= 4 is 17.6 Å². The summed E-state index contributed by atoms with van der Waals surface area (Å²) < 4.78 is 0. The summed E-state index contributed by atoms with van der Waals surface area (Å²) in [6.07, 6.45) is 1.81. The first-order valence-corrected chi connectivity index (χ1v) is 4.75. The van der Waals surface area contributed by atoms with Crippen LogP contribution in [0.3, 0.4) is 0 Å². The molecule has 0 aromatic heterocycles. The minimum Gasteiger partial charge on any atom is -0.481 e. The minimum atomic E-state index is -0.756. The second-order valence-corrected chi connectivity index (χ2v) is 3.21. The van der Waals surface area contributed by atoms with Crippen LogP contribution in [0.4, 0.5) is 0 Å². The second kappa shape index (κ2) is 6.92. The highest BCUT2D eigenvalue weighted by Gasteiger charge is 2.13. The van der Waals surface area contributed by atoms with Gasteiger partial charge in [-0.05, 0) is 6.54 Å². The van der Waals surface area contributed by atoms with Crippen LogP contribution in [0, 0.1) is 5.92 Å². The zero-order valence-corrected chi connectivity index (χ0v) is 8.79. The van der Waals surface area contributed by atoms with Crippen LogP contribution < -0.4 is 0 Å². The molecule has 76 valence electrons. The molecular formula is C9H16ClNO2. The van der Waals surface area contributed by atoms with E-state index < -0.39 is 5.97 Å². The maximum absolute atomic E-state index is 10.6. The Morgan fingerprint density at radius 1 is 1.69 bits per heavy atom. The number of carboxylic acids is 1. The van der Waals surface area contributed by atoms with E-state index >= 15 is 0 Å². The van der Waals surface area contributed by atoms with Crippen LogP contribution in [0.2, 0.25) is 0 Å². The maximum Gasteiger partial charge on any atom is 0.307 e. The van der Waals surface area contributed by atoms with Gasteiger partial charge in [-0.2, -0.15) is 0 Å². The Bertz CT molecular complexity index is 182. The highest BCUT2D eigenvalue weighted by atomic mass is 35.5. The van der Waals surface area contributed by atoms with E-state index in [1.807, 2.05) is 11.8 Å². The van der Waals surface area contributed by atoms with Crippen molar-refractivity contribution < 1.29 is 9.90 Å². The third-order valence-corrected chi connectivity index (χ3v) is 2.03. The van der Waals surface area contributed by atoms with E-state index in [9.17, 15) is 4.79 Å². The normalized spacial score (nSPS) is 13.8. The Morgan fingerprint density at radius 3 is 2.69 bits per heavy atom. The van der Waals surface area contributed by atoms with Crippen molar-refractivity contribution in [3.8, 4) is 0 Å². The van der Waals surface area contributed by atoms with Crippen molar-refractivity contribution in [1.29, 1.82) is 0 Å². The van der Waals surface area contributed by atoms with Crippen LogP contribution >= 0.6 is 11.6 Å². The van der Waals surface area contributed by atoms with Gasteiger partial charge in [0.25, 0.3) is 0 Å². The van der Waals surface area contributed by atoms with Crippen LogP contribution in [-0.4, -0.2) is 35.6 Å². The van der Waals surface area contributed by atoms with E-state index in [1.165, 1.54) is 5.54 Å². The van der Waals surface area contributed by atoms with Gasteiger partial charge in [-0.1, -0.05) is 31.5 Å². The molecule has 0 saturated carbocycles. The molecule has 1 N–H and O–H groups in total. The van der Waals surface area contributed by atoms with Crippen molar-refractivity contribution in [2.45, 2.75) is 13.8 Å². The average Bonchev–Trinajstić information content (AvgIpc) is 2.11. The molecule has 4 heteroatoms. The summed E-state index contributed by atoms with van der Waals surface area (Å²) in [5.74, 6) is -1.09. The summed E-state index contributed by atoms with van der Waals surface area (Å²) in [5, 5.41) is 8.68. The largest absolute Gasteiger partial charge is 0.481 e. The third-order valence-electron chi connectivity index (χ3n) is 1.85. The molecule has 0 bridgehead atoms. The Labute approximate surface area is 84.0 Å². The summed E-state index contributed by atoms with van der Waals surface area (Å²) >= 11 is 5.38. The molecule has 0 spiro atoms. The lowest BCUT2D eigenvalue weighted by Crippen LogP contribution is -2.31. The van der Waals surface area contributed by atoms with Crippen molar-refractivity contribution in [2.75, 3.05) is 19.6 Å². The van der Waals surface area contributed by atoms with Gasteiger partial charge in [-0.25, -0.2) is 0 Å². The van der Waals surface area contributed by atoms with Crippen LogP contribution in [-0.2, 0) is 4.79 Å². The Hall–Kier alpha value is -0.540. The predicted molar refractivity (Wildman–Crippen MR) is 53.9 cm³/mol. The third kappa shape index (κ3) is 5.66. The molecule has 0 aliphatic heterocycles. The van der Waals surface area contributed by atoms with Gasteiger partial charge in [0.1, 0.15) is 0 Å². The molecule has 13 heavy (non-hydrogen) atoms. The summed E-state index contributed by atoms with van der Waals surface area (Å²) in [7, 11) is 0. The Morgan fingerprint density at radius 2 is 2.31 bits per heavy atom. The molecule has 0 aliphatic rings. The highest BCUT2D eigenvalue weighted by molar-refractivity contribution is 6.25. The van der Waals surface area contributed by atoms with Gasteiger partial charge in [0.2, 0.25) is 0 Å². The van der Waals surface area contributed by atoms with E-state index in [-0.39, 0.29) is 5.92 Å². The molecule has 1 unspecified atom stereocenters. The number of carbonyl (C=O) groups is 1. The first kappa shape index (κ1) is 12.5. The van der Waals surface area contributed by atoms with Gasteiger partial charge >= 0.3 is 5.97 Å². The van der Waals surface area contributed by atoms with Crippen LogP contribution in [0.25, 0.3) is 0 Å². The summed E-state index contributed by atoms with van der Waals surface area (Å²) in [6, 6.07) is 0. The monoisotopic (exact) mass is 205 g/mol. The molecule has 0 aliphatic carbocycles. The number of rotatable bonds is 6. The molecule has 0 fully saturated rings. The number of likely N-dealkylation sites (N-methyl/N-ethyl adjacent to an activating group) is 1. The Kier molecular flexibility index (Phi) is 6.63. The van der Waals surface area contributed by atoms with Gasteiger partial charge in [0.15, 0.2) is 0 Å². The molecule has 0 saturated heterocycles. The van der Waals surface area contributed by atoms with Gasteiger partial charge in [-0.3, -0.25) is 9.69 Å². The Balaban J connectivity index is 3.89. The fourth-order valence-corrected chi connectivity index (χ4v) is 1.07. The first-order valence-electron chi connectivity index (χ1n) is 4.32. The first-order chi connectivity index (χ1) is 6.11. The second-order valence-electron chi connectivity index (χ2n) is 2.95. The van der Waals surface area contributed by atoms with Crippen molar-refractivity contribution in [3.05, 3.63) is 11.6 Å². The standard InChI is InChI=1S/C9H16ClNO2/c1-3-11(6-4-5-10)7-8(2)9(12)13/h4-5,8H,3,6-7H2,1-2H3,(H,12,13). The lowest BCUT2D eigenvalue weighted by atomic mass is 10.2. The summed E-state index contributed by atoms with van der Waals surface area (Å²) in [4.78, 5) is 12.6. The fraction of sp³-hybridized carbons (Fsp3) is 0.667. The van der Waals surface area contributed by atoms with E-state index in [1.54, 1.807) is 13.0 Å². The minimum absolute atomic E-state index is 0.330. The number of halogens is 1. The van der Waals surface area contributed by atoms with Crippen LogP contribution in [0.5, 0.6) is 0 Å². The zero-order chi connectivity index (χ0) is 10.3. The maximum atomic E-state index is 10.6. The van der Waals surface area contributed by atoms with Crippen LogP contribution in [0.15, 0.2) is 11.6 Å². The van der Waals surface area contributed by atoms with Gasteiger partial charge in [0.05, 0.1) is 5.92 Å². The molecule has 0 aromatic carbocycles. The van der Waals surface area contributed by atoms with E-state index in [0.29, 0.717) is 13.1 Å². The lowest BCUT2D eigenvalue weighted by Gasteiger charge is -2.20. The topological polar surface area (TPSA) is 40.5 Å². The fourth-order valence-electron chi connectivity index (χ4n) is 0.987. The molecule has 3 nitrogen and oxygen atoms in total. The zero-order valence-electron chi connectivity index (χ0n) is 8.03. The lowest BCUT2D eigenvalue weighted by molar-refractivity contribution is -0.141. The average molecular weight is 206 g/mol. The van der Waals surface area contributed by atoms with Crippen molar-refractivity contribution in [2.24, 2.45) is 5.92 Å². The molecule has 0 radical (unpaired) electrons. The molecular weight excluding hydrogens is 190 g/mol. The van der Waals surface area contributed by atoms with Crippen LogP contribution in [0.1, 0.15) is 13.8 Å². The summed E-state index contributed by atoms with van der Waals surface area (Å²) in [5.41, 5.74) is 1.45. The predicted octanol–water partition coefficient (Wildman–Crippen LogP) is 1.78. The quantitative estimate of drug-likeness (QED) is 0.719. The number of hydrogen-bond acceptors (Lipinski definition) is 2. The van der Waals surface area contributed by atoms with E-state index in [2.05, 4.69) is 0 Å². The molecule has 1 atom stereocenters. The summed E-state index contributed by atoms with van der Waals surface area (Å²) in [6.45, 7) is 5.80. The van der Waals surface area contributed by atoms with E-state index in [4.69, 9.17) is 16.7 Å². The molecule has 0 amide bonds. The van der Waals surface area contributed by atoms with Crippen molar-refractivity contribution in [3.63, 3.8) is 0 Å². The number of aliphatic carboxylic acids is 1. The molecule has 0 rings (SSSR count). The molecule has 0 aromatic rings. The van der Waals surface area contributed by atoms with Gasteiger partial charge in [0, 0.05) is 18.6 Å². The number of hydrogen-bond donors (Lipinski definition) is 1. The smallest absolute Gasteiger partial charge is 0.307 e. The van der Waals surface area contributed by atoms with Gasteiger partial charge < -0.3 is 5.11 Å². The highest BCUT2D eigenvalue weighted by Crippen LogP contribution is 2.00.